The molecule has 0 saturated carbocycles. The SMILES string of the molecule is CCNC(CO)c1cccc(OC(C)C)c1. The van der Waals surface area contributed by atoms with Crippen LogP contribution in [0, 0.1) is 0 Å². The Kier molecular flexibility index (Phi) is 5.29. The average Bonchev–Trinajstić information content (AvgIpc) is 2.25. The van der Waals surface area contributed by atoms with E-state index in [0.717, 1.165) is 17.9 Å². The molecule has 2 N–H and O–H groups in total. The monoisotopic (exact) mass is 223 g/mol. The van der Waals surface area contributed by atoms with Crippen molar-refractivity contribution < 1.29 is 9.84 Å². The first-order valence-corrected chi connectivity index (χ1v) is 5.78. The lowest BCUT2D eigenvalue weighted by Crippen LogP contribution is -2.24. The van der Waals surface area contributed by atoms with Gasteiger partial charge in [0.2, 0.25) is 0 Å². The molecule has 0 bridgehead atoms. The van der Waals surface area contributed by atoms with E-state index in [1.165, 1.54) is 0 Å². The van der Waals surface area contributed by atoms with E-state index < -0.39 is 0 Å². The zero-order valence-electron chi connectivity index (χ0n) is 10.2. The van der Waals surface area contributed by atoms with Crippen LogP contribution in [0.4, 0.5) is 0 Å². The van der Waals surface area contributed by atoms with Crippen LogP contribution < -0.4 is 10.1 Å². The van der Waals surface area contributed by atoms with Crippen LogP contribution in [0.1, 0.15) is 32.4 Å². The van der Waals surface area contributed by atoms with Crippen molar-refractivity contribution in [2.75, 3.05) is 13.2 Å². The van der Waals surface area contributed by atoms with Gasteiger partial charge in [0.25, 0.3) is 0 Å². The Balaban J connectivity index is 2.79. The predicted molar refractivity (Wildman–Crippen MR) is 65.7 cm³/mol. The number of benzene rings is 1. The van der Waals surface area contributed by atoms with Gasteiger partial charge in [0.1, 0.15) is 5.75 Å². The fourth-order valence-electron chi connectivity index (χ4n) is 1.61. The summed E-state index contributed by atoms with van der Waals surface area (Å²) in [6, 6.07) is 7.85. The van der Waals surface area contributed by atoms with E-state index in [4.69, 9.17) is 4.74 Å². The first kappa shape index (κ1) is 13.0. The third kappa shape index (κ3) is 3.83. The normalized spacial score (nSPS) is 12.8. The number of rotatable bonds is 6. The van der Waals surface area contributed by atoms with Gasteiger partial charge in [0.15, 0.2) is 0 Å². The highest BCUT2D eigenvalue weighted by Crippen LogP contribution is 2.19. The predicted octanol–water partition coefficient (Wildman–Crippen LogP) is 2.12. The van der Waals surface area contributed by atoms with E-state index in [1.807, 2.05) is 45.0 Å². The van der Waals surface area contributed by atoms with Crippen LogP contribution in [0.5, 0.6) is 5.75 Å². The Hall–Kier alpha value is -1.06. The van der Waals surface area contributed by atoms with Gasteiger partial charge >= 0.3 is 0 Å². The molecule has 0 aliphatic heterocycles. The van der Waals surface area contributed by atoms with Crippen molar-refractivity contribution in [3.05, 3.63) is 29.8 Å². The van der Waals surface area contributed by atoms with Gasteiger partial charge in [0, 0.05) is 0 Å². The summed E-state index contributed by atoms with van der Waals surface area (Å²) in [5.74, 6) is 0.851. The third-order valence-electron chi connectivity index (χ3n) is 2.27. The maximum atomic E-state index is 9.28. The zero-order chi connectivity index (χ0) is 12.0. The number of hydrogen-bond donors (Lipinski definition) is 2. The number of nitrogens with one attached hydrogen (secondary N) is 1. The van der Waals surface area contributed by atoms with E-state index in [2.05, 4.69) is 5.32 Å². The summed E-state index contributed by atoms with van der Waals surface area (Å²) >= 11 is 0. The highest BCUT2D eigenvalue weighted by Gasteiger charge is 2.09. The minimum absolute atomic E-state index is 0.0132. The maximum Gasteiger partial charge on any atom is 0.120 e. The molecule has 1 aromatic rings. The van der Waals surface area contributed by atoms with Crippen LogP contribution >= 0.6 is 0 Å². The molecular formula is C13H21NO2. The fraction of sp³-hybridized carbons (Fsp3) is 0.538. The second-order valence-electron chi connectivity index (χ2n) is 4.03. The zero-order valence-corrected chi connectivity index (χ0v) is 10.2. The Morgan fingerprint density at radius 3 is 2.69 bits per heavy atom. The summed E-state index contributed by atoms with van der Waals surface area (Å²) in [6.07, 6.45) is 0.168. The van der Waals surface area contributed by atoms with Crippen molar-refractivity contribution in [1.29, 1.82) is 0 Å². The first-order chi connectivity index (χ1) is 7.67. The van der Waals surface area contributed by atoms with Crippen molar-refractivity contribution in [1.82, 2.24) is 5.32 Å². The second kappa shape index (κ2) is 6.51. The Morgan fingerprint density at radius 1 is 1.38 bits per heavy atom. The molecule has 3 heteroatoms. The summed E-state index contributed by atoms with van der Waals surface area (Å²) in [4.78, 5) is 0. The molecule has 0 aliphatic carbocycles. The van der Waals surface area contributed by atoms with Gasteiger partial charge in [-0.2, -0.15) is 0 Å². The molecule has 0 radical (unpaired) electrons. The quantitative estimate of drug-likeness (QED) is 0.776. The molecule has 1 aromatic carbocycles. The molecule has 0 heterocycles. The summed E-state index contributed by atoms with van der Waals surface area (Å²) in [5, 5.41) is 12.5. The molecule has 0 aliphatic rings. The van der Waals surface area contributed by atoms with Crippen molar-refractivity contribution in [3.63, 3.8) is 0 Å². The van der Waals surface area contributed by atoms with Gasteiger partial charge in [-0.05, 0) is 38.1 Å². The van der Waals surface area contributed by atoms with Gasteiger partial charge in [-0.1, -0.05) is 19.1 Å². The van der Waals surface area contributed by atoms with Gasteiger partial charge in [-0.25, -0.2) is 0 Å². The number of aliphatic hydroxyl groups excluding tert-OH is 1. The summed E-state index contributed by atoms with van der Waals surface area (Å²) < 4.78 is 5.62. The lowest BCUT2D eigenvalue weighted by Gasteiger charge is -2.17. The smallest absolute Gasteiger partial charge is 0.120 e. The molecule has 1 rings (SSSR count). The highest BCUT2D eigenvalue weighted by molar-refractivity contribution is 5.30. The van der Waals surface area contributed by atoms with E-state index in [-0.39, 0.29) is 18.8 Å². The van der Waals surface area contributed by atoms with E-state index >= 15 is 0 Å². The van der Waals surface area contributed by atoms with Crippen LogP contribution in [-0.2, 0) is 0 Å². The molecule has 0 saturated heterocycles. The molecule has 0 aromatic heterocycles. The van der Waals surface area contributed by atoms with E-state index in [9.17, 15) is 5.11 Å². The van der Waals surface area contributed by atoms with Crippen molar-refractivity contribution in [2.45, 2.75) is 32.9 Å². The molecule has 16 heavy (non-hydrogen) atoms. The maximum absolute atomic E-state index is 9.28. The molecule has 3 nitrogen and oxygen atoms in total. The van der Waals surface area contributed by atoms with Gasteiger partial charge < -0.3 is 15.2 Å². The van der Waals surface area contributed by atoms with Crippen LogP contribution in [0.3, 0.4) is 0 Å². The summed E-state index contributed by atoms with van der Waals surface area (Å²) in [5.41, 5.74) is 1.06. The number of likely N-dealkylation sites (N-methyl/N-ethyl adjacent to an activating group) is 1. The molecule has 0 spiro atoms. The summed E-state index contributed by atoms with van der Waals surface area (Å²) in [7, 11) is 0. The molecule has 0 amide bonds. The fourth-order valence-corrected chi connectivity index (χ4v) is 1.61. The van der Waals surface area contributed by atoms with Crippen molar-refractivity contribution >= 4 is 0 Å². The second-order valence-corrected chi connectivity index (χ2v) is 4.03. The third-order valence-corrected chi connectivity index (χ3v) is 2.27. The molecule has 90 valence electrons. The Labute approximate surface area is 97.4 Å². The highest BCUT2D eigenvalue weighted by atomic mass is 16.5. The summed E-state index contributed by atoms with van der Waals surface area (Å²) in [6.45, 7) is 6.96. The Morgan fingerprint density at radius 2 is 2.12 bits per heavy atom. The van der Waals surface area contributed by atoms with Crippen LogP contribution in [0.2, 0.25) is 0 Å². The van der Waals surface area contributed by atoms with Crippen LogP contribution in [0.25, 0.3) is 0 Å². The number of aliphatic hydroxyl groups is 1. The lowest BCUT2D eigenvalue weighted by atomic mass is 10.1. The van der Waals surface area contributed by atoms with Gasteiger partial charge in [-0.3, -0.25) is 0 Å². The first-order valence-electron chi connectivity index (χ1n) is 5.78. The minimum Gasteiger partial charge on any atom is -0.491 e. The van der Waals surface area contributed by atoms with E-state index in [0.29, 0.717) is 0 Å². The molecule has 1 unspecified atom stereocenters. The standard InChI is InChI=1S/C13H21NO2/c1-4-14-13(9-15)11-6-5-7-12(8-11)16-10(2)3/h5-8,10,13-15H,4,9H2,1-3H3. The molecule has 1 atom stereocenters. The average molecular weight is 223 g/mol. The topological polar surface area (TPSA) is 41.5 Å². The number of ether oxygens (including phenoxy) is 1. The molecule has 0 fully saturated rings. The van der Waals surface area contributed by atoms with Crippen molar-refractivity contribution in [3.8, 4) is 5.75 Å². The Bertz CT molecular complexity index is 313. The minimum atomic E-state index is -0.0132. The van der Waals surface area contributed by atoms with Gasteiger partial charge in [-0.15, -0.1) is 0 Å². The van der Waals surface area contributed by atoms with E-state index in [1.54, 1.807) is 0 Å². The van der Waals surface area contributed by atoms with Gasteiger partial charge in [0.05, 0.1) is 18.8 Å². The molecular weight excluding hydrogens is 202 g/mol. The lowest BCUT2D eigenvalue weighted by molar-refractivity contribution is 0.237. The van der Waals surface area contributed by atoms with Crippen LogP contribution in [0.15, 0.2) is 24.3 Å². The number of hydrogen-bond acceptors (Lipinski definition) is 3. The van der Waals surface area contributed by atoms with Crippen molar-refractivity contribution in [2.24, 2.45) is 0 Å². The largest absolute Gasteiger partial charge is 0.491 e. The van der Waals surface area contributed by atoms with Crippen LogP contribution in [-0.4, -0.2) is 24.4 Å².